The van der Waals surface area contributed by atoms with Crippen LogP contribution in [0, 0.1) is 5.82 Å². The molecular weight excluding hydrogens is 305 g/mol. The molecule has 2 aliphatic heterocycles. The van der Waals surface area contributed by atoms with Crippen molar-refractivity contribution in [2.45, 2.75) is 30.8 Å². The minimum absolute atomic E-state index is 0.0744. The Labute approximate surface area is 141 Å². The summed E-state index contributed by atoms with van der Waals surface area (Å²) in [6.45, 7) is 1.90. The van der Waals surface area contributed by atoms with Crippen molar-refractivity contribution in [3.05, 3.63) is 59.4 Å². The Hall–Kier alpha value is -2.07. The number of aromatic hydroxyl groups is 1. The quantitative estimate of drug-likeness (QED) is 0.936. The van der Waals surface area contributed by atoms with Gasteiger partial charge in [-0.25, -0.2) is 4.39 Å². The van der Waals surface area contributed by atoms with Crippen LogP contribution in [0.5, 0.6) is 11.5 Å². The molecule has 4 rings (SSSR count). The van der Waals surface area contributed by atoms with Crippen LogP contribution in [0.4, 0.5) is 4.39 Å². The van der Waals surface area contributed by atoms with Gasteiger partial charge in [-0.05, 0) is 68.8 Å². The average Bonchev–Trinajstić information content (AvgIpc) is 2.88. The molecule has 0 spiro atoms. The first-order valence-corrected chi connectivity index (χ1v) is 8.50. The number of fused-ring (bicyclic) bond motifs is 3. The maximum absolute atomic E-state index is 13.1. The molecule has 2 heterocycles. The van der Waals surface area contributed by atoms with Crippen LogP contribution in [0.3, 0.4) is 0 Å². The van der Waals surface area contributed by atoms with Gasteiger partial charge in [0.15, 0.2) is 0 Å². The van der Waals surface area contributed by atoms with Crippen molar-refractivity contribution in [1.82, 2.24) is 4.90 Å². The summed E-state index contributed by atoms with van der Waals surface area (Å²) < 4.78 is 19.4. The Morgan fingerprint density at radius 2 is 2.04 bits per heavy atom. The van der Waals surface area contributed by atoms with Crippen LogP contribution in [0.2, 0.25) is 0 Å². The van der Waals surface area contributed by atoms with Gasteiger partial charge in [-0.15, -0.1) is 0 Å². The standard InChI is InChI=1S/C20H22FNO2/c1-22-11-10-20(9-8-14-2-4-15(21)5-3-14)17-12-16(23)6-7-18(17)24-19(20)13-22/h2-7,12,19,23H,8-11,13H2,1H3/t19-,20-/m0/s1. The minimum Gasteiger partial charge on any atom is -0.508 e. The van der Waals surface area contributed by atoms with Gasteiger partial charge in [0.05, 0.1) is 0 Å². The van der Waals surface area contributed by atoms with E-state index >= 15 is 0 Å². The number of likely N-dealkylation sites (N-methyl/N-ethyl adjacent to an activating group) is 1. The van der Waals surface area contributed by atoms with E-state index in [9.17, 15) is 9.50 Å². The highest BCUT2D eigenvalue weighted by molar-refractivity contribution is 5.49. The highest BCUT2D eigenvalue weighted by atomic mass is 19.1. The summed E-state index contributed by atoms with van der Waals surface area (Å²) >= 11 is 0. The molecule has 126 valence electrons. The summed E-state index contributed by atoms with van der Waals surface area (Å²) in [5, 5.41) is 9.96. The third-order valence-electron chi connectivity index (χ3n) is 5.58. The highest BCUT2D eigenvalue weighted by Gasteiger charge is 2.50. The summed E-state index contributed by atoms with van der Waals surface area (Å²) in [6.07, 6.45) is 2.92. The van der Waals surface area contributed by atoms with Crippen LogP contribution in [-0.2, 0) is 11.8 Å². The van der Waals surface area contributed by atoms with E-state index in [2.05, 4.69) is 11.9 Å². The fourth-order valence-electron chi connectivity index (χ4n) is 4.16. The van der Waals surface area contributed by atoms with Gasteiger partial charge in [0.1, 0.15) is 23.4 Å². The first-order valence-electron chi connectivity index (χ1n) is 8.50. The van der Waals surface area contributed by atoms with E-state index in [4.69, 9.17) is 4.74 Å². The monoisotopic (exact) mass is 327 g/mol. The van der Waals surface area contributed by atoms with E-state index in [-0.39, 0.29) is 23.1 Å². The van der Waals surface area contributed by atoms with E-state index in [1.165, 1.54) is 12.1 Å². The third-order valence-corrected chi connectivity index (χ3v) is 5.58. The number of likely N-dealkylation sites (tertiary alicyclic amines) is 1. The molecule has 2 aromatic rings. The maximum atomic E-state index is 13.1. The van der Waals surface area contributed by atoms with Crippen molar-refractivity contribution >= 4 is 0 Å². The second-order valence-corrected chi connectivity index (χ2v) is 7.08. The topological polar surface area (TPSA) is 32.7 Å². The first-order chi connectivity index (χ1) is 11.6. The molecular formula is C20H22FNO2. The zero-order chi connectivity index (χ0) is 16.7. The molecule has 1 saturated heterocycles. The predicted octanol–water partition coefficient (Wildman–Crippen LogP) is 3.50. The maximum Gasteiger partial charge on any atom is 0.124 e. The molecule has 24 heavy (non-hydrogen) atoms. The summed E-state index contributed by atoms with van der Waals surface area (Å²) in [4.78, 5) is 2.30. The lowest BCUT2D eigenvalue weighted by Crippen LogP contribution is -2.52. The van der Waals surface area contributed by atoms with Crippen LogP contribution < -0.4 is 4.74 Å². The van der Waals surface area contributed by atoms with Crippen molar-refractivity contribution in [3.8, 4) is 11.5 Å². The Morgan fingerprint density at radius 1 is 1.25 bits per heavy atom. The number of hydrogen-bond donors (Lipinski definition) is 1. The molecule has 0 amide bonds. The number of hydrogen-bond acceptors (Lipinski definition) is 3. The molecule has 1 N–H and O–H groups in total. The molecule has 0 aromatic heterocycles. The van der Waals surface area contributed by atoms with Crippen molar-refractivity contribution < 1.29 is 14.2 Å². The molecule has 2 aromatic carbocycles. The number of rotatable bonds is 3. The van der Waals surface area contributed by atoms with Crippen LogP contribution in [0.25, 0.3) is 0 Å². The Balaban J connectivity index is 1.66. The van der Waals surface area contributed by atoms with Gasteiger partial charge in [0, 0.05) is 17.5 Å². The van der Waals surface area contributed by atoms with Crippen molar-refractivity contribution in [2.75, 3.05) is 20.1 Å². The van der Waals surface area contributed by atoms with E-state index in [0.29, 0.717) is 0 Å². The minimum atomic E-state index is -0.200. The first kappa shape index (κ1) is 15.5. The van der Waals surface area contributed by atoms with Crippen LogP contribution >= 0.6 is 0 Å². The van der Waals surface area contributed by atoms with Crippen LogP contribution in [0.1, 0.15) is 24.0 Å². The lowest BCUT2D eigenvalue weighted by atomic mass is 9.68. The molecule has 1 fully saturated rings. The largest absolute Gasteiger partial charge is 0.508 e. The van der Waals surface area contributed by atoms with Crippen molar-refractivity contribution in [2.24, 2.45) is 0 Å². The summed E-state index contributed by atoms with van der Waals surface area (Å²) in [5.41, 5.74) is 2.19. The van der Waals surface area contributed by atoms with Gasteiger partial charge in [-0.2, -0.15) is 0 Å². The number of phenols is 1. The predicted molar refractivity (Wildman–Crippen MR) is 91.0 cm³/mol. The molecule has 2 atom stereocenters. The molecule has 0 aliphatic carbocycles. The molecule has 0 radical (unpaired) electrons. The SMILES string of the molecule is CN1CC[C@@]2(CCc3ccc(F)cc3)c3cc(O)ccc3O[C@H]2C1. The van der Waals surface area contributed by atoms with Gasteiger partial charge in [0.2, 0.25) is 0 Å². The molecule has 0 saturated carbocycles. The van der Waals surface area contributed by atoms with Crippen molar-refractivity contribution in [1.29, 1.82) is 0 Å². The number of nitrogens with zero attached hydrogens (tertiary/aromatic N) is 1. The normalized spacial score (nSPS) is 25.8. The number of halogens is 1. The lowest BCUT2D eigenvalue weighted by molar-refractivity contribution is 0.0503. The lowest BCUT2D eigenvalue weighted by Gasteiger charge is -2.42. The molecule has 2 aliphatic rings. The van der Waals surface area contributed by atoms with Crippen LogP contribution in [0.15, 0.2) is 42.5 Å². The van der Waals surface area contributed by atoms with Gasteiger partial charge in [0.25, 0.3) is 0 Å². The number of benzene rings is 2. The zero-order valence-corrected chi connectivity index (χ0v) is 13.8. The Morgan fingerprint density at radius 3 is 2.83 bits per heavy atom. The average molecular weight is 327 g/mol. The fraction of sp³-hybridized carbons (Fsp3) is 0.400. The number of aryl methyl sites for hydroxylation is 1. The fourth-order valence-corrected chi connectivity index (χ4v) is 4.16. The van der Waals surface area contributed by atoms with Crippen LogP contribution in [-0.4, -0.2) is 36.2 Å². The Bertz CT molecular complexity index is 746. The second kappa shape index (κ2) is 5.78. The van der Waals surface area contributed by atoms with Gasteiger partial charge >= 0.3 is 0 Å². The highest BCUT2D eigenvalue weighted by Crippen LogP contribution is 2.51. The number of piperidine rings is 1. The molecule has 0 bridgehead atoms. The summed E-state index contributed by atoms with van der Waals surface area (Å²) in [6, 6.07) is 12.2. The van der Waals surface area contributed by atoms with E-state index in [0.717, 1.165) is 49.2 Å². The van der Waals surface area contributed by atoms with E-state index in [1.54, 1.807) is 6.07 Å². The smallest absolute Gasteiger partial charge is 0.124 e. The van der Waals surface area contributed by atoms with E-state index < -0.39 is 0 Å². The second-order valence-electron chi connectivity index (χ2n) is 7.08. The number of phenolic OH excluding ortho intramolecular Hbond substituents is 1. The molecule has 4 heteroatoms. The summed E-state index contributed by atoms with van der Waals surface area (Å²) in [5.74, 6) is 0.985. The molecule has 0 unspecified atom stereocenters. The van der Waals surface area contributed by atoms with Gasteiger partial charge < -0.3 is 14.7 Å². The third kappa shape index (κ3) is 2.55. The van der Waals surface area contributed by atoms with E-state index in [1.807, 2.05) is 24.3 Å². The van der Waals surface area contributed by atoms with Gasteiger partial charge in [-0.1, -0.05) is 12.1 Å². The Kier molecular flexibility index (Phi) is 3.72. The zero-order valence-electron chi connectivity index (χ0n) is 13.8. The van der Waals surface area contributed by atoms with Crippen molar-refractivity contribution in [3.63, 3.8) is 0 Å². The number of ether oxygens (including phenoxy) is 1. The van der Waals surface area contributed by atoms with Gasteiger partial charge in [-0.3, -0.25) is 0 Å². The summed E-state index contributed by atoms with van der Waals surface area (Å²) in [7, 11) is 2.12. The molecule has 3 nitrogen and oxygen atoms in total.